The number of hydrogen-bond acceptors (Lipinski definition) is 3. The second-order valence-electron chi connectivity index (χ2n) is 5.82. The lowest BCUT2D eigenvalue weighted by atomic mass is 10.1. The van der Waals surface area contributed by atoms with Gasteiger partial charge in [-0.2, -0.15) is 0 Å². The number of nitrogens with one attached hydrogen (secondary N) is 2. The van der Waals surface area contributed by atoms with Crippen LogP contribution in [-0.2, 0) is 6.42 Å². The van der Waals surface area contributed by atoms with Crippen molar-refractivity contribution in [1.82, 2.24) is 15.6 Å². The second-order valence-corrected chi connectivity index (χ2v) is 5.82. The van der Waals surface area contributed by atoms with Gasteiger partial charge in [-0.3, -0.25) is 4.98 Å². The van der Waals surface area contributed by atoms with Crippen molar-refractivity contribution in [3.63, 3.8) is 0 Å². The summed E-state index contributed by atoms with van der Waals surface area (Å²) >= 11 is 0. The number of ether oxygens (including phenoxy) is 1. The Morgan fingerprint density at radius 2 is 1.96 bits per heavy atom. The van der Waals surface area contributed by atoms with E-state index in [9.17, 15) is 4.79 Å². The molecule has 5 nitrogen and oxygen atoms in total. The van der Waals surface area contributed by atoms with E-state index in [4.69, 9.17) is 4.74 Å². The number of carbonyl (C=O) groups is 1. The van der Waals surface area contributed by atoms with Crippen LogP contribution in [0, 0.1) is 0 Å². The van der Waals surface area contributed by atoms with Gasteiger partial charge in [0, 0.05) is 18.4 Å². The number of hydrogen-bond donors (Lipinski definition) is 2. The second kappa shape index (κ2) is 8.91. The molecule has 2 rings (SSSR count). The number of amides is 2. The molecule has 128 valence electrons. The fourth-order valence-electron chi connectivity index (χ4n) is 2.64. The van der Waals surface area contributed by atoms with Gasteiger partial charge in [-0.15, -0.1) is 0 Å². The normalized spacial score (nSPS) is 13.0. The summed E-state index contributed by atoms with van der Waals surface area (Å²) in [5.41, 5.74) is 2.19. The molecule has 0 fully saturated rings. The van der Waals surface area contributed by atoms with Gasteiger partial charge in [-0.1, -0.05) is 19.1 Å². The molecule has 1 heterocycles. The highest BCUT2D eigenvalue weighted by Crippen LogP contribution is 2.16. The zero-order chi connectivity index (χ0) is 17.4. The van der Waals surface area contributed by atoms with E-state index in [0.29, 0.717) is 0 Å². The highest BCUT2D eigenvalue weighted by atomic mass is 16.5. The monoisotopic (exact) mass is 327 g/mol. The van der Waals surface area contributed by atoms with Gasteiger partial charge in [0.05, 0.1) is 13.2 Å². The molecule has 24 heavy (non-hydrogen) atoms. The first kappa shape index (κ1) is 17.8. The van der Waals surface area contributed by atoms with E-state index in [1.54, 1.807) is 19.5 Å². The number of nitrogens with zero attached hydrogens (tertiary/aromatic N) is 1. The summed E-state index contributed by atoms with van der Waals surface area (Å²) < 4.78 is 5.23. The number of aromatic nitrogens is 1. The predicted molar refractivity (Wildman–Crippen MR) is 95.1 cm³/mol. The van der Waals surface area contributed by atoms with Crippen molar-refractivity contribution in [2.24, 2.45) is 0 Å². The molecule has 0 aliphatic carbocycles. The third-order valence-electron chi connectivity index (χ3n) is 3.88. The topological polar surface area (TPSA) is 63.2 Å². The third kappa shape index (κ3) is 5.26. The molecule has 0 spiro atoms. The molecule has 0 radical (unpaired) electrons. The Bertz CT molecular complexity index is 646. The molecule has 0 bridgehead atoms. The van der Waals surface area contributed by atoms with Gasteiger partial charge in [0.2, 0.25) is 0 Å². The standard InChI is InChI=1S/C19H25N3O2/c1-4-18(16-8-10-20-11-9-16)22-19(23)21-14(2)12-15-6-5-7-17(13-15)24-3/h5-11,13-14,18H,4,12H2,1-3H3,(H2,21,22,23)/t14-,18+/m0/s1. The lowest BCUT2D eigenvalue weighted by molar-refractivity contribution is 0.233. The molecular weight excluding hydrogens is 302 g/mol. The van der Waals surface area contributed by atoms with Gasteiger partial charge < -0.3 is 15.4 Å². The van der Waals surface area contributed by atoms with Crippen LogP contribution in [0.4, 0.5) is 4.79 Å². The first-order valence-corrected chi connectivity index (χ1v) is 8.22. The minimum atomic E-state index is -0.158. The van der Waals surface area contributed by atoms with Crippen molar-refractivity contribution in [3.05, 3.63) is 59.9 Å². The average Bonchev–Trinajstić information content (AvgIpc) is 2.60. The lowest BCUT2D eigenvalue weighted by Crippen LogP contribution is -2.43. The van der Waals surface area contributed by atoms with Crippen LogP contribution >= 0.6 is 0 Å². The molecule has 2 aromatic rings. The Morgan fingerprint density at radius 3 is 2.62 bits per heavy atom. The number of methoxy groups -OCH3 is 1. The van der Waals surface area contributed by atoms with E-state index in [0.717, 1.165) is 29.7 Å². The maximum Gasteiger partial charge on any atom is 0.315 e. The zero-order valence-corrected chi connectivity index (χ0v) is 14.5. The summed E-state index contributed by atoms with van der Waals surface area (Å²) in [5, 5.41) is 6.01. The van der Waals surface area contributed by atoms with Crippen molar-refractivity contribution in [2.45, 2.75) is 38.8 Å². The number of benzene rings is 1. The average molecular weight is 327 g/mol. The van der Waals surface area contributed by atoms with Crippen LogP contribution in [0.25, 0.3) is 0 Å². The van der Waals surface area contributed by atoms with E-state index >= 15 is 0 Å². The molecule has 1 aromatic carbocycles. The first-order valence-electron chi connectivity index (χ1n) is 8.22. The van der Waals surface area contributed by atoms with Gasteiger partial charge in [0.1, 0.15) is 5.75 Å². The van der Waals surface area contributed by atoms with Gasteiger partial charge >= 0.3 is 6.03 Å². The number of urea groups is 1. The maximum absolute atomic E-state index is 12.2. The Hall–Kier alpha value is -2.56. The Balaban J connectivity index is 1.88. The van der Waals surface area contributed by atoms with Crippen molar-refractivity contribution in [1.29, 1.82) is 0 Å². The number of pyridine rings is 1. The van der Waals surface area contributed by atoms with Crippen molar-refractivity contribution in [3.8, 4) is 5.75 Å². The smallest absolute Gasteiger partial charge is 0.315 e. The number of rotatable bonds is 7. The molecular formula is C19H25N3O2. The van der Waals surface area contributed by atoms with Crippen molar-refractivity contribution in [2.75, 3.05) is 7.11 Å². The predicted octanol–water partition coefficient (Wildman–Crippen LogP) is 3.47. The molecule has 2 N–H and O–H groups in total. The number of carbonyl (C=O) groups excluding carboxylic acids is 1. The third-order valence-corrected chi connectivity index (χ3v) is 3.88. The van der Waals surface area contributed by atoms with Gasteiger partial charge in [0.25, 0.3) is 0 Å². The van der Waals surface area contributed by atoms with E-state index < -0.39 is 0 Å². The first-order chi connectivity index (χ1) is 11.6. The van der Waals surface area contributed by atoms with Crippen molar-refractivity contribution >= 4 is 6.03 Å². The van der Waals surface area contributed by atoms with Crippen LogP contribution in [0.15, 0.2) is 48.8 Å². The van der Waals surface area contributed by atoms with Gasteiger partial charge in [-0.05, 0) is 55.2 Å². The summed E-state index contributed by atoms with van der Waals surface area (Å²) in [5.74, 6) is 0.827. The largest absolute Gasteiger partial charge is 0.497 e. The molecule has 0 saturated heterocycles. The summed E-state index contributed by atoms with van der Waals surface area (Å²) in [6.07, 6.45) is 5.05. The van der Waals surface area contributed by atoms with Gasteiger partial charge in [0.15, 0.2) is 0 Å². The zero-order valence-electron chi connectivity index (χ0n) is 14.5. The summed E-state index contributed by atoms with van der Waals surface area (Å²) in [6.45, 7) is 4.04. The van der Waals surface area contributed by atoms with Crippen LogP contribution in [0.1, 0.15) is 37.4 Å². The van der Waals surface area contributed by atoms with E-state index in [-0.39, 0.29) is 18.1 Å². The van der Waals surface area contributed by atoms with Gasteiger partial charge in [-0.25, -0.2) is 4.79 Å². The molecule has 5 heteroatoms. The van der Waals surface area contributed by atoms with E-state index in [1.165, 1.54) is 0 Å². The molecule has 2 atom stereocenters. The summed E-state index contributed by atoms with van der Waals surface area (Å²) in [6, 6.07) is 11.6. The van der Waals surface area contributed by atoms with Crippen molar-refractivity contribution < 1.29 is 9.53 Å². The van der Waals surface area contributed by atoms with Crippen LogP contribution in [0.3, 0.4) is 0 Å². The fraction of sp³-hybridized carbons (Fsp3) is 0.368. The van der Waals surface area contributed by atoms with Crippen LogP contribution < -0.4 is 15.4 Å². The summed E-state index contributed by atoms with van der Waals surface area (Å²) in [7, 11) is 1.65. The molecule has 0 unspecified atom stereocenters. The molecule has 0 aliphatic rings. The quantitative estimate of drug-likeness (QED) is 0.818. The fourth-order valence-corrected chi connectivity index (χ4v) is 2.64. The maximum atomic E-state index is 12.2. The van der Waals surface area contributed by atoms with Crippen LogP contribution in [0.5, 0.6) is 5.75 Å². The molecule has 1 aromatic heterocycles. The highest BCUT2D eigenvalue weighted by Gasteiger charge is 2.14. The van der Waals surface area contributed by atoms with E-state index in [2.05, 4.69) is 15.6 Å². The lowest BCUT2D eigenvalue weighted by Gasteiger charge is -2.20. The van der Waals surface area contributed by atoms with Crippen LogP contribution in [-0.4, -0.2) is 24.2 Å². The SMILES string of the molecule is CC[C@@H](NC(=O)N[C@@H](C)Cc1cccc(OC)c1)c1ccncc1. The minimum Gasteiger partial charge on any atom is -0.497 e. The molecule has 0 aliphatic heterocycles. The summed E-state index contributed by atoms with van der Waals surface area (Å²) in [4.78, 5) is 16.3. The van der Waals surface area contributed by atoms with Crippen LogP contribution in [0.2, 0.25) is 0 Å². The minimum absolute atomic E-state index is 0.0166. The molecule has 2 amide bonds. The highest BCUT2D eigenvalue weighted by molar-refractivity contribution is 5.74. The molecule has 0 saturated carbocycles. The van der Waals surface area contributed by atoms with E-state index in [1.807, 2.05) is 50.2 Å². The Morgan fingerprint density at radius 1 is 1.21 bits per heavy atom. The Labute approximate surface area is 143 Å². The Kier molecular flexibility index (Phi) is 6.61.